The van der Waals surface area contributed by atoms with Crippen LogP contribution in [0.25, 0.3) is 0 Å². The second kappa shape index (κ2) is 14.2. The zero-order chi connectivity index (χ0) is 27.6. The topological polar surface area (TPSA) is 86.8 Å². The van der Waals surface area contributed by atoms with Gasteiger partial charge in [0, 0.05) is 26.1 Å². The molecule has 0 saturated heterocycles. The molecule has 37 heavy (non-hydrogen) atoms. The van der Waals surface area contributed by atoms with Crippen LogP contribution in [0.1, 0.15) is 68.2 Å². The molecule has 0 aliphatic carbocycles. The standard InChI is InChI=1S/C29H43N3O4S/c1-7-9-17-30-29(34)27(8-2)31(21-25-13-10-12-22(3)19-25)28(33)14-11-18-32(37(6,35)36)26-16-15-23(4)24(5)20-26/h10,12-13,15-16,19-20,27H,7-9,11,14,17-18,21H2,1-6H3,(H,30,34)/t27-/m0/s1. The number of nitrogens with zero attached hydrogens (tertiary/aromatic N) is 2. The fraction of sp³-hybridized carbons (Fsp3) is 0.517. The minimum Gasteiger partial charge on any atom is -0.354 e. The van der Waals surface area contributed by atoms with E-state index in [1.165, 1.54) is 10.6 Å². The Labute approximate surface area is 223 Å². The van der Waals surface area contributed by atoms with Gasteiger partial charge >= 0.3 is 0 Å². The lowest BCUT2D eigenvalue weighted by Gasteiger charge is -2.31. The predicted octanol–water partition coefficient (Wildman–Crippen LogP) is 4.88. The lowest BCUT2D eigenvalue weighted by molar-refractivity contribution is -0.141. The maximum Gasteiger partial charge on any atom is 0.242 e. The molecule has 0 fully saturated rings. The van der Waals surface area contributed by atoms with Crippen molar-refractivity contribution in [2.75, 3.05) is 23.7 Å². The largest absolute Gasteiger partial charge is 0.354 e. The first-order chi connectivity index (χ1) is 17.5. The molecule has 2 aromatic rings. The normalized spacial score (nSPS) is 12.2. The minimum absolute atomic E-state index is 0.140. The van der Waals surface area contributed by atoms with Crippen molar-refractivity contribution >= 4 is 27.5 Å². The lowest BCUT2D eigenvalue weighted by atomic mass is 10.1. The first kappa shape index (κ1) is 30.4. The second-order valence-electron chi connectivity index (χ2n) is 9.79. The maximum absolute atomic E-state index is 13.5. The Balaban J connectivity index is 2.21. The zero-order valence-corrected chi connectivity index (χ0v) is 24.0. The molecule has 0 unspecified atom stereocenters. The van der Waals surface area contributed by atoms with Gasteiger partial charge in [-0.1, -0.05) is 56.2 Å². The van der Waals surface area contributed by atoms with Crippen LogP contribution >= 0.6 is 0 Å². The highest BCUT2D eigenvalue weighted by atomic mass is 32.2. The Morgan fingerprint density at radius 1 is 0.973 bits per heavy atom. The molecule has 0 radical (unpaired) electrons. The number of amides is 2. The Bertz CT molecular complexity index is 1160. The summed E-state index contributed by atoms with van der Waals surface area (Å²) in [4.78, 5) is 28.2. The van der Waals surface area contributed by atoms with E-state index in [1.54, 1.807) is 11.0 Å². The fourth-order valence-corrected chi connectivity index (χ4v) is 5.27. The van der Waals surface area contributed by atoms with Crippen LogP contribution in [0.15, 0.2) is 42.5 Å². The molecule has 2 aromatic carbocycles. The number of carbonyl (C=O) groups is 2. The number of sulfonamides is 1. The fourth-order valence-electron chi connectivity index (χ4n) is 4.32. The van der Waals surface area contributed by atoms with Gasteiger partial charge in [-0.2, -0.15) is 0 Å². The van der Waals surface area contributed by atoms with Crippen molar-refractivity contribution in [3.63, 3.8) is 0 Å². The van der Waals surface area contributed by atoms with Crippen LogP contribution in [-0.2, 0) is 26.2 Å². The molecule has 0 spiro atoms. The van der Waals surface area contributed by atoms with Crippen molar-refractivity contribution in [2.45, 2.75) is 79.3 Å². The SMILES string of the molecule is CCCCNC(=O)[C@H](CC)N(Cc1cccc(C)c1)C(=O)CCCN(c1ccc(C)c(C)c1)S(C)(=O)=O. The van der Waals surface area contributed by atoms with Crippen LogP contribution in [0.5, 0.6) is 0 Å². The van der Waals surface area contributed by atoms with Crippen molar-refractivity contribution in [2.24, 2.45) is 0 Å². The molecular formula is C29H43N3O4S. The number of benzene rings is 2. The van der Waals surface area contributed by atoms with Gasteiger partial charge in [-0.25, -0.2) is 8.42 Å². The molecule has 0 aromatic heterocycles. The lowest BCUT2D eigenvalue weighted by Crippen LogP contribution is -2.49. The van der Waals surface area contributed by atoms with Crippen molar-refractivity contribution in [1.29, 1.82) is 0 Å². The van der Waals surface area contributed by atoms with Crippen molar-refractivity contribution in [1.82, 2.24) is 10.2 Å². The molecule has 1 N–H and O–H groups in total. The van der Waals surface area contributed by atoms with Gasteiger partial charge in [0.05, 0.1) is 11.9 Å². The van der Waals surface area contributed by atoms with Gasteiger partial charge in [-0.15, -0.1) is 0 Å². The van der Waals surface area contributed by atoms with Crippen molar-refractivity contribution < 1.29 is 18.0 Å². The molecule has 0 heterocycles. The van der Waals surface area contributed by atoms with E-state index >= 15 is 0 Å². The molecule has 204 valence electrons. The van der Waals surface area contributed by atoms with Crippen molar-refractivity contribution in [3.05, 3.63) is 64.7 Å². The van der Waals surface area contributed by atoms with Crippen LogP contribution in [0.4, 0.5) is 5.69 Å². The number of rotatable bonds is 14. The highest BCUT2D eigenvalue weighted by molar-refractivity contribution is 7.92. The van der Waals surface area contributed by atoms with Crippen LogP contribution < -0.4 is 9.62 Å². The maximum atomic E-state index is 13.5. The molecule has 0 saturated carbocycles. The molecule has 1 atom stereocenters. The molecule has 7 nitrogen and oxygen atoms in total. The van der Waals surface area contributed by atoms with E-state index in [4.69, 9.17) is 0 Å². The highest BCUT2D eigenvalue weighted by Crippen LogP contribution is 2.22. The Kier molecular flexibility index (Phi) is 11.6. The quantitative estimate of drug-likeness (QED) is 0.353. The zero-order valence-electron chi connectivity index (χ0n) is 23.2. The summed E-state index contributed by atoms with van der Waals surface area (Å²) < 4.78 is 26.5. The van der Waals surface area contributed by atoms with Gasteiger partial charge in [0.1, 0.15) is 6.04 Å². The summed E-state index contributed by atoms with van der Waals surface area (Å²) in [5, 5.41) is 2.97. The summed E-state index contributed by atoms with van der Waals surface area (Å²) >= 11 is 0. The molecule has 2 amide bonds. The number of nitrogens with one attached hydrogen (secondary N) is 1. The third kappa shape index (κ3) is 9.18. The highest BCUT2D eigenvalue weighted by Gasteiger charge is 2.28. The summed E-state index contributed by atoms with van der Waals surface area (Å²) in [5.41, 5.74) is 4.73. The number of aryl methyl sites for hydroxylation is 3. The molecule has 0 aliphatic rings. The van der Waals surface area contributed by atoms with E-state index in [-0.39, 0.29) is 24.8 Å². The van der Waals surface area contributed by atoms with E-state index in [0.717, 1.165) is 35.1 Å². The van der Waals surface area contributed by atoms with E-state index < -0.39 is 16.1 Å². The summed E-state index contributed by atoms with van der Waals surface area (Å²) in [6, 6.07) is 12.9. The molecule has 2 rings (SSSR count). The Hall–Kier alpha value is -2.87. The minimum atomic E-state index is -3.52. The summed E-state index contributed by atoms with van der Waals surface area (Å²) in [6.07, 6.45) is 4.02. The molecule has 0 aliphatic heterocycles. The number of hydrogen-bond donors (Lipinski definition) is 1. The van der Waals surface area contributed by atoms with Crippen LogP contribution in [0.3, 0.4) is 0 Å². The van der Waals surface area contributed by atoms with E-state index in [1.807, 2.05) is 64.1 Å². The number of anilines is 1. The third-order valence-electron chi connectivity index (χ3n) is 6.58. The number of unbranched alkanes of at least 4 members (excludes halogenated alkanes) is 1. The average Bonchev–Trinajstić information content (AvgIpc) is 2.83. The summed E-state index contributed by atoms with van der Waals surface area (Å²) in [5.74, 6) is -0.308. The molecule has 0 bridgehead atoms. The van der Waals surface area contributed by atoms with Gasteiger partial charge < -0.3 is 10.2 Å². The Morgan fingerprint density at radius 2 is 1.70 bits per heavy atom. The van der Waals surface area contributed by atoms with Crippen molar-refractivity contribution in [3.8, 4) is 0 Å². The van der Waals surface area contributed by atoms with E-state index in [0.29, 0.717) is 31.6 Å². The van der Waals surface area contributed by atoms with Gasteiger partial charge in [0.25, 0.3) is 0 Å². The van der Waals surface area contributed by atoms with Gasteiger partial charge in [0.15, 0.2) is 0 Å². The monoisotopic (exact) mass is 529 g/mol. The van der Waals surface area contributed by atoms with E-state index in [2.05, 4.69) is 12.2 Å². The summed E-state index contributed by atoms with van der Waals surface area (Å²) in [6.45, 7) is 11.0. The van der Waals surface area contributed by atoms with E-state index in [9.17, 15) is 18.0 Å². The van der Waals surface area contributed by atoms with Gasteiger partial charge in [-0.3, -0.25) is 13.9 Å². The first-order valence-corrected chi connectivity index (χ1v) is 15.0. The Morgan fingerprint density at radius 3 is 2.30 bits per heavy atom. The van der Waals surface area contributed by atoms with Gasteiger partial charge in [-0.05, 0) is 68.9 Å². The average molecular weight is 530 g/mol. The molecule has 8 heteroatoms. The number of hydrogen-bond acceptors (Lipinski definition) is 4. The third-order valence-corrected chi connectivity index (χ3v) is 7.78. The van der Waals surface area contributed by atoms with Crippen LogP contribution in [0.2, 0.25) is 0 Å². The predicted molar refractivity (Wildman–Crippen MR) is 151 cm³/mol. The first-order valence-electron chi connectivity index (χ1n) is 13.2. The van der Waals surface area contributed by atoms with Crippen LogP contribution in [-0.4, -0.2) is 50.5 Å². The van der Waals surface area contributed by atoms with Gasteiger partial charge in [0.2, 0.25) is 21.8 Å². The summed E-state index contributed by atoms with van der Waals surface area (Å²) in [7, 11) is -3.52. The van der Waals surface area contributed by atoms with Crippen LogP contribution in [0, 0.1) is 20.8 Å². The number of carbonyl (C=O) groups excluding carboxylic acids is 2. The second-order valence-corrected chi connectivity index (χ2v) is 11.7. The molecular weight excluding hydrogens is 486 g/mol. The smallest absolute Gasteiger partial charge is 0.242 e.